The van der Waals surface area contributed by atoms with Crippen LogP contribution in [0.15, 0.2) is 18.2 Å². The number of aliphatic hydroxyl groups is 1. The zero-order chi connectivity index (χ0) is 17.3. The molecule has 1 aliphatic carbocycles. The lowest BCUT2D eigenvalue weighted by Crippen LogP contribution is -2.53. The number of benzene rings is 1. The van der Waals surface area contributed by atoms with Gasteiger partial charge in [-0.3, -0.25) is 14.4 Å². The third-order valence-electron chi connectivity index (χ3n) is 4.94. The van der Waals surface area contributed by atoms with Gasteiger partial charge in [-0.15, -0.1) is 0 Å². The predicted molar refractivity (Wildman–Crippen MR) is 82.7 cm³/mol. The molecule has 1 aliphatic heterocycles. The summed E-state index contributed by atoms with van der Waals surface area (Å²) in [5, 5.41) is 22.3. The Morgan fingerprint density at radius 1 is 1.38 bits per heavy atom. The fourth-order valence-corrected chi connectivity index (χ4v) is 3.78. The molecule has 0 spiro atoms. The number of carbonyl (C=O) groups excluding carboxylic acids is 2. The van der Waals surface area contributed by atoms with Crippen molar-refractivity contribution in [1.29, 1.82) is 0 Å². The zero-order valence-corrected chi connectivity index (χ0v) is 13.0. The third kappa shape index (κ3) is 2.50. The number of carboxylic acids is 1. The van der Waals surface area contributed by atoms with Crippen LogP contribution >= 0.6 is 0 Å². The van der Waals surface area contributed by atoms with Crippen molar-refractivity contribution in [1.82, 2.24) is 5.32 Å². The number of amides is 1. The smallest absolute Gasteiger partial charge is 0.306 e. The molecule has 0 saturated carbocycles. The average molecular weight is 333 g/mol. The number of rotatable bonds is 5. The van der Waals surface area contributed by atoms with Crippen molar-refractivity contribution in [2.24, 2.45) is 0 Å². The second-order valence-corrected chi connectivity index (χ2v) is 6.23. The highest BCUT2D eigenvalue weighted by molar-refractivity contribution is 6.11. The van der Waals surface area contributed by atoms with E-state index in [9.17, 15) is 19.5 Å². The highest BCUT2D eigenvalue weighted by atomic mass is 16.5. The van der Waals surface area contributed by atoms with Crippen molar-refractivity contribution in [2.75, 3.05) is 13.2 Å². The molecule has 0 aromatic heterocycles. The minimum atomic E-state index is -1.85. The Bertz CT molecular complexity index is 682. The van der Waals surface area contributed by atoms with Gasteiger partial charge in [0, 0.05) is 18.8 Å². The summed E-state index contributed by atoms with van der Waals surface area (Å²) in [6, 6.07) is 5.15. The second-order valence-electron chi connectivity index (χ2n) is 6.23. The van der Waals surface area contributed by atoms with Gasteiger partial charge in [0.2, 0.25) is 6.41 Å². The molecule has 7 nitrogen and oxygen atoms in total. The summed E-state index contributed by atoms with van der Waals surface area (Å²) in [6.07, 6.45) is -0.257. The Kier molecular flexibility index (Phi) is 4.38. The minimum absolute atomic E-state index is 0.132. The van der Waals surface area contributed by atoms with E-state index >= 15 is 0 Å². The maximum Gasteiger partial charge on any atom is 0.306 e. The van der Waals surface area contributed by atoms with Gasteiger partial charge in [0.25, 0.3) is 0 Å². The average Bonchev–Trinajstić information content (AvgIpc) is 2.78. The van der Waals surface area contributed by atoms with E-state index < -0.39 is 29.8 Å². The van der Waals surface area contributed by atoms with Crippen molar-refractivity contribution in [2.45, 2.75) is 36.8 Å². The summed E-state index contributed by atoms with van der Waals surface area (Å²) in [5.41, 5.74) is -0.305. The van der Waals surface area contributed by atoms with Gasteiger partial charge < -0.3 is 20.3 Å². The fraction of sp³-hybridized carbons (Fsp3) is 0.471. The lowest BCUT2D eigenvalue weighted by Gasteiger charge is -2.30. The first-order chi connectivity index (χ1) is 11.5. The number of carbonyl (C=O) groups is 3. The number of hydrogen-bond donors (Lipinski definition) is 3. The molecule has 1 heterocycles. The number of nitrogens with one attached hydrogen (secondary N) is 1. The molecule has 3 N–H and O–H groups in total. The van der Waals surface area contributed by atoms with E-state index in [2.05, 4.69) is 5.32 Å². The first-order valence-corrected chi connectivity index (χ1v) is 7.88. The largest absolute Gasteiger partial charge is 0.481 e. The summed E-state index contributed by atoms with van der Waals surface area (Å²) in [7, 11) is 0. The van der Waals surface area contributed by atoms with Crippen LogP contribution in [0.2, 0.25) is 0 Å². The number of fused-ring (bicyclic) bond motifs is 1. The van der Waals surface area contributed by atoms with Gasteiger partial charge in [0.15, 0.2) is 5.78 Å². The maximum atomic E-state index is 12.8. The van der Waals surface area contributed by atoms with E-state index in [4.69, 9.17) is 9.84 Å². The molecular formula is C17H19NO6. The van der Waals surface area contributed by atoms with Crippen molar-refractivity contribution >= 4 is 18.2 Å². The molecular weight excluding hydrogens is 314 g/mol. The van der Waals surface area contributed by atoms with E-state index in [0.717, 1.165) is 18.4 Å². The molecule has 3 rings (SSSR count). The molecule has 1 aromatic rings. The molecule has 1 amide bonds. The summed E-state index contributed by atoms with van der Waals surface area (Å²) >= 11 is 0. The SMILES string of the molecule is O=CNC1(CC(=O)O)C(=O)c2cccc(C3CCOCC3)c2C1O. The Labute approximate surface area is 138 Å². The second kappa shape index (κ2) is 6.33. The lowest BCUT2D eigenvalue weighted by atomic mass is 9.84. The molecule has 0 radical (unpaired) electrons. The van der Waals surface area contributed by atoms with Crippen LogP contribution in [-0.4, -0.2) is 47.1 Å². The normalized spacial score (nSPS) is 26.9. The van der Waals surface area contributed by atoms with E-state index in [1.807, 2.05) is 6.07 Å². The summed E-state index contributed by atoms with van der Waals surface area (Å²) in [6.45, 7) is 1.20. The number of ketones is 1. The minimum Gasteiger partial charge on any atom is -0.481 e. The van der Waals surface area contributed by atoms with Gasteiger partial charge in [-0.05, 0) is 29.9 Å². The van der Waals surface area contributed by atoms with Crippen molar-refractivity contribution in [3.8, 4) is 0 Å². The first kappa shape index (κ1) is 16.6. The van der Waals surface area contributed by atoms with Gasteiger partial charge in [-0.2, -0.15) is 0 Å². The van der Waals surface area contributed by atoms with Gasteiger partial charge >= 0.3 is 5.97 Å². The third-order valence-corrected chi connectivity index (χ3v) is 4.94. The van der Waals surface area contributed by atoms with Crippen molar-refractivity contribution in [3.63, 3.8) is 0 Å². The molecule has 1 aromatic carbocycles. The molecule has 24 heavy (non-hydrogen) atoms. The topological polar surface area (TPSA) is 113 Å². The van der Waals surface area contributed by atoms with Crippen LogP contribution in [0.5, 0.6) is 0 Å². The monoisotopic (exact) mass is 333 g/mol. The van der Waals surface area contributed by atoms with Crippen LogP contribution < -0.4 is 5.32 Å². The van der Waals surface area contributed by atoms with E-state index in [1.54, 1.807) is 12.1 Å². The number of Topliss-reactive ketones (excluding diaryl/α,β-unsaturated/α-hetero) is 1. The van der Waals surface area contributed by atoms with E-state index in [0.29, 0.717) is 18.8 Å². The quantitative estimate of drug-likeness (QED) is 0.686. The predicted octanol–water partition coefficient (Wildman–Crippen LogP) is 0.770. The maximum absolute atomic E-state index is 12.8. The molecule has 1 fully saturated rings. The zero-order valence-electron chi connectivity index (χ0n) is 13.0. The summed E-state index contributed by atoms with van der Waals surface area (Å²) in [4.78, 5) is 35.0. The van der Waals surface area contributed by atoms with Crippen LogP contribution in [0.25, 0.3) is 0 Å². The Morgan fingerprint density at radius 2 is 2.08 bits per heavy atom. The fourth-order valence-electron chi connectivity index (χ4n) is 3.78. The van der Waals surface area contributed by atoms with Gasteiger partial charge in [0.1, 0.15) is 11.6 Å². The van der Waals surface area contributed by atoms with Crippen molar-refractivity contribution < 1.29 is 29.3 Å². The first-order valence-electron chi connectivity index (χ1n) is 7.88. The van der Waals surface area contributed by atoms with Gasteiger partial charge in [0.05, 0.1) is 6.42 Å². The van der Waals surface area contributed by atoms with E-state index in [1.165, 1.54) is 0 Å². The van der Waals surface area contributed by atoms with Crippen molar-refractivity contribution in [3.05, 3.63) is 34.9 Å². The molecule has 2 aliphatic rings. The van der Waals surface area contributed by atoms with Crippen LogP contribution in [-0.2, 0) is 14.3 Å². The van der Waals surface area contributed by atoms with Crippen LogP contribution in [0.3, 0.4) is 0 Å². The van der Waals surface area contributed by atoms with Crippen LogP contribution in [0, 0.1) is 0 Å². The number of ether oxygens (including phenoxy) is 1. The molecule has 128 valence electrons. The molecule has 2 unspecified atom stereocenters. The molecule has 2 atom stereocenters. The summed E-state index contributed by atoms with van der Waals surface area (Å²) < 4.78 is 5.35. The Hall–Kier alpha value is -2.25. The highest BCUT2D eigenvalue weighted by Gasteiger charge is 2.55. The van der Waals surface area contributed by atoms with Crippen LogP contribution in [0.1, 0.15) is 52.8 Å². The number of hydrogen-bond acceptors (Lipinski definition) is 5. The molecule has 1 saturated heterocycles. The van der Waals surface area contributed by atoms with Gasteiger partial charge in [-0.25, -0.2) is 0 Å². The standard InChI is InChI=1S/C17H19NO6/c19-9-18-17(8-13(20)21)15(22)12-3-1-2-11(14(12)16(17)23)10-4-6-24-7-5-10/h1-3,9-10,16,23H,4-8H2,(H,18,19)(H,20,21). The van der Waals surface area contributed by atoms with E-state index in [-0.39, 0.29) is 17.9 Å². The lowest BCUT2D eigenvalue weighted by molar-refractivity contribution is -0.139. The van der Waals surface area contributed by atoms with Crippen LogP contribution in [0.4, 0.5) is 0 Å². The Morgan fingerprint density at radius 3 is 2.71 bits per heavy atom. The molecule has 7 heteroatoms. The van der Waals surface area contributed by atoms with Gasteiger partial charge in [-0.1, -0.05) is 18.2 Å². The molecule has 0 bridgehead atoms. The summed E-state index contributed by atoms with van der Waals surface area (Å²) in [5.74, 6) is -1.70. The number of aliphatic carboxylic acids is 1. The number of carboxylic acid groups (broad SMARTS) is 1. The Balaban J connectivity index is 2.08. The highest BCUT2D eigenvalue weighted by Crippen LogP contribution is 2.45. The number of aliphatic hydroxyl groups excluding tert-OH is 1.